The predicted octanol–water partition coefficient (Wildman–Crippen LogP) is 3.58. The number of thiazole rings is 1. The van der Waals surface area contributed by atoms with Crippen LogP contribution in [0.1, 0.15) is 31.5 Å². The maximum absolute atomic E-state index is 5.76. The van der Waals surface area contributed by atoms with E-state index in [4.69, 9.17) is 10.5 Å². The standard InChI is InChI=1S/C15H20N2OS/c1-3-11(2)18-9-12-5-4-6-13(7-12)15-17-14(8-16)10-19-15/h4-7,10-11H,3,8-9,16H2,1-2H3. The molecule has 4 heteroatoms. The van der Waals surface area contributed by atoms with Crippen LogP contribution in [-0.2, 0) is 17.9 Å². The molecule has 0 fully saturated rings. The van der Waals surface area contributed by atoms with Crippen molar-refractivity contribution in [2.75, 3.05) is 0 Å². The lowest BCUT2D eigenvalue weighted by atomic mass is 10.1. The van der Waals surface area contributed by atoms with Gasteiger partial charge in [0.1, 0.15) is 5.01 Å². The van der Waals surface area contributed by atoms with Gasteiger partial charge in [-0.1, -0.05) is 25.1 Å². The molecule has 2 rings (SSSR count). The molecule has 1 aromatic carbocycles. The highest BCUT2D eigenvalue weighted by Crippen LogP contribution is 2.24. The minimum Gasteiger partial charge on any atom is -0.374 e. The predicted molar refractivity (Wildman–Crippen MR) is 80.0 cm³/mol. The fraction of sp³-hybridized carbons (Fsp3) is 0.400. The fourth-order valence-corrected chi connectivity index (χ4v) is 2.51. The zero-order valence-electron chi connectivity index (χ0n) is 11.4. The number of benzene rings is 1. The SMILES string of the molecule is CCC(C)OCc1cccc(-c2nc(CN)cs2)c1. The Morgan fingerprint density at radius 2 is 2.26 bits per heavy atom. The number of nitrogens with zero attached hydrogens (tertiary/aromatic N) is 1. The van der Waals surface area contributed by atoms with Gasteiger partial charge in [-0.25, -0.2) is 4.98 Å². The van der Waals surface area contributed by atoms with Gasteiger partial charge in [-0.15, -0.1) is 11.3 Å². The summed E-state index contributed by atoms with van der Waals surface area (Å²) in [5, 5.41) is 3.03. The van der Waals surface area contributed by atoms with Crippen LogP contribution in [0, 0.1) is 0 Å². The van der Waals surface area contributed by atoms with E-state index >= 15 is 0 Å². The van der Waals surface area contributed by atoms with Gasteiger partial charge < -0.3 is 10.5 Å². The van der Waals surface area contributed by atoms with E-state index in [2.05, 4.69) is 37.0 Å². The second-order valence-corrected chi connectivity index (χ2v) is 5.44. The Kier molecular flexibility index (Phi) is 5.07. The molecule has 0 aliphatic rings. The third-order valence-electron chi connectivity index (χ3n) is 3.04. The Morgan fingerprint density at radius 3 is 2.95 bits per heavy atom. The Labute approximate surface area is 118 Å². The van der Waals surface area contributed by atoms with Crippen molar-refractivity contribution in [3.05, 3.63) is 40.9 Å². The normalized spacial score (nSPS) is 12.6. The van der Waals surface area contributed by atoms with Crippen molar-refractivity contribution >= 4 is 11.3 Å². The molecular formula is C15H20N2OS. The monoisotopic (exact) mass is 276 g/mol. The molecule has 0 aliphatic carbocycles. The van der Waals surface area contributed by atoms with E-state index in [9.17, 15) is 0 Å². The molecule has 0 radical (unpaired) electrons. The van der Waals surface area contributed by atoms with Gasteiger partial charge in [0, 0.05) is 17.5 Å². The average molecular weight is 276 g/mol. The molecule has 1 heterocycles. The summed E-state index contributed by atoms with van der Waals surface area (Å²) >= 11 is 1.63. The van der Waals surface area contributed by atoms with Crippen molar-refractivity contribution in [1.29, 1.82) is 0 Å². The first-order valence-corrected chi connectivity index (χ1v) is 7.46. The molecule has 0 spiro atoms. The summed E-state index contributed by atoms with van der Waals surface area (Å²) in [7, 11) is 0. The molecule has 1 unspecified atom stereocenters. The van der Waals surface area contributed by atoms with Crippen LogP contribution >= 0.6 is 11.3 Å². The number of ether oxygens (including phenoxy) is 1. The summed E-state index contributed by atoms with van der Waals surface area (Å²) in [4.78, 5) is 4.50. The summed E-state index contributed by atoms with van der Waals surface area (Å²) in [6.45, 7) is 5.37. The molecule has 2 aromatic rings. The van der Waals surface area contributed by atoms with Crippen LogP contribution in [0.15, 0.2) is 29.6 Å². The van der Waals surface area contributed by atoms with Crippen LogP contribution in [0.5, 0.6) is 0 Å². The van der Waals surface area contributed by atoms with E-state index in [1.165, 1.54) is 5.56 Å². The molecule has 102 valence electrons. The van der Waals surface area contributed by atoms with Crippen molar-refractivity contribution in [3.8, 4) is 10.6 Å². The van der Waals surface area contributed by atoms with Crippen molar-refractivity contribution < 1.29 is 4.74 Å². The third-order valence-corrected chi connectivity index (χ3v) is 3.98. The van der Waals surface area contributed by atoms with E-state index in [1.54, 1.807) is 11.3 Å². The molecule has 0 bridgehead atoms. The lowest BCUT2D eigenvalue weighted by molar-refractivity contribution is 0.0509. The second-order valence-electron chi connectivity index (χ2n) is 4.58. The van der Waals surface area contributed by atoms with Gasteiger partial charge in [0.05, 0.1) is 18.4 Å². The topological polar surface area (TPSA) is 48.1 Å². The van der Waals surface area contributed by atoms with E-state index in [0.29, 0.717) is 19.3 Å². The molecule has 19 heavy (non-hydrogen) atoms. The van der Waals surface area contributed by atoms with Crippen LogP contribution in [0.4, 0.5) is 0 Å². The van der Waals surface area contributed by atoms with Gasteiger partial charge in [-0.2, -0.15) is 0 Å². The fourth-order valence-electron chi connectivity index (χ4n) is 1.68. The zero-order valence-corrected chi connectivity index (χ0v) is 12.2. The highest BCUT2D eigenvalue weighted by molar-refractivity contribution is 7.13. The molecule has 1 aromatic heterocycles. The molecule has 1 atom stereocenters. The van der Waals surface area contributed by atoms with Crippen LogP contribution < -0.4 is 5.73 Å². The molecule has 3 nitrogen and oxygen atoms in total. The van der Waals surface area contributed by atoms with Crippen molar-refractivity contribution in [2.45, 2.75) is 39.5 Å². The Hall–Kier alpha value is -1.23. The minimum atomic E-state index is 0.298. The van der Waals surface area contributed by atoms with Gasteiger partial charge >= 0.3 is 0 Å². The quantitative estimate of drug-likeness (QED) is 0.877. The van der Waals surface area contributed by atoms with Crippen molar-refractivity contribution in [3.63, 3.8) is 0 Å². The van der Waals surface area contributed by atoms with Crippen molar-refractivity contribution in [2.24, 2.45) is 5.73 Å². The van der Waals surface area contributed by atoms with Crippen LogP contribution in [0.25, 0.3) is 10.6 Å². The van der Waals surface area contributed by atoms with Crippen molar-refractivity contribution in [1.82, 2.24) is 4.98 Å². The highest BCUT2D eigenvalue weighted by atomic mass is 32.1. The molecule has 0 aliphatic heterocycles. The van der Waals surface area contributed by atoms with E-state index in [0.717, 1.165) is 22.7 Å². The van der Waals surface area contributed by atoms with E-state index in [1.807, 2.05) is 11.4 Å². The Morgan fingerprint density at radius 1 is 1.42 bits per heavy atom. The summed E-state index contributed by atoms with van der Waals surface area (Å²) in [6, 6.07) is 8.35. The lowest BCUT2D eigenvalue weighted by Gasteiger charge is -2.10. The first-order valence-electron chi connectivity index (χ1n) is 6.58. The maximum atomic E-state index is 5.76. The lowest BCUT2D eigenvalue weighted by Crippen LogP contribution is -2.05. The Bertz CT molecular complexity index is 524. The Balaban J connectivity index is 2.10. The number of rotatable bonds is 6. The summed E-state index contributed by atoms with van der Waals surface area (Å²) in [5.41, 5.74) is 8.85. The van der Waals surface area contributed by atoms with Gasteiger partial charge in [0.15, 0.2) is 0 Å². The summed E-state index contributed by atoms with van der Waals surface area (Å²) in [5.74, 6) is 0. The summed E-state index contributed by atoms with van der Waals surface area (Å²) < 4.78 is 5.76. The largest absolute Gasteiger partial charge is 0.374 e. The number of hydrogen-bond acceptors (Lipinski definition) is 4. The van der Waals surface area contributed by atoms with Crippen LogP contribution in [0.2, 0.25) is 0 Å². The van der Waals surface area contributed by atoms with Gasteiger partial charge in [0.2, 0.25) is 0 Å². The number of nitrogens with two attached hydrogens (primary N) is 1. The van der Waals surface area contributed by atoms with Gasteiger partial charge in [0.25, 0.3) is 0 Å². The first kappa shape index (κ1) is 14.2. The minimum absolute atomic E-state index is 0.298. The van der Waals surface area contributed by atoms with E-state index in [-0.39, 0.29) is 0 Å². The molecular weight excluding hydrogens is 256 g/mol. The van der Waals surface area contributed by atoms with Crippen LogP contribution in [-0.4, -0.2) is 11.1 Å². The van der Waals surface area contributed by atoms with Gasteiger partial charge in [-0.05, 0) is 25.0 Å². The highest BCUT2D eigenvalue weighted by Gasteiger charge is 2.05. The molecule has 0 saturated carbocycles. The van der Waals surface area contributed by atoms with Gasteiger partial charge in [-0.3, -0.25) is 0 Å². The summed E-state index contributed by atoms with van der Waals surface area (Å²) in [6.07, 6.45) is 1.33. The van der Waals surface area contributed by atoms with Crippen LogP contribution in [0.3, 0.4) is 0 Å². The van der Waals surface area contributed by atoms with E-state index < -0.39 is 0 Å². The maximum Gasteiger partial charge on any atom is 0.123 e. The smallest absolute Gasteiger partial charge is 0.123 e. The molecule has 0 saturated heterocycles. The zero-order chi connectivity index (χ0) is 13.7. The molecule has 2 N–H and O–H groups in total. The number of aromatic nitrogens is 1. The number of hydrogen-bond donors (Lipinski definition) is 1. The third kappa shape index (κ3) is 3.86. The first-order chi connectivity index (χ1) is 9.22. The molecule has 0 amide bonds. The second kappa shape index (κ2) is 6.80. The average Bonchev–Trinajstić information content (AvgIpc) is 2.94.